The molecule has 24 heavy (non-hydrogen) atoms. The lowest BCUT2D eigenvalue weighted by Crippen LogP contribution is -2.24. The second-order valence-electron chi connectivity index (χ2n) is 7.47. The topological polar surface area (TPSA) is 55.8 Å². The van der Waals surface area contributed by atoms with Crippen LogP contribution in [0.1, 0.15) is 29.6 Å². The summed E-state index contributed by atoms with van der Waals surface area (Å²) in [5, 5.41) is 0. The molecule has 0 saturated heterocycles. The number of fused-ring (bicyclic) bond motifs is 5. The first kappa shape index (κ1) is 15.5. The van der Waals surface area contributed by atoms with Gasteiger partial charge in [-0.2, -0.15) is 0 Å². The van der Waals surface area contributed by atoms with E-state index >= 15 is 0 Å². The normalized spacial score (nSPS) is 32.2. The molecule has 3 saturated carbocycles. The van der Waals surface area contributed by atoms with Crippen molar-refractivity contribution >= 4 is 11.9 Å². The molecule has 1 aromatic carbocycles. The molecule has 0 radical (unpaired) electrons. The molecule has 1 aromatic rings. The number of hydrogen-bond acceptors (Lipinski definition) is 4. The van der Waals surface area contributed by atoms with Crippen molar-refractivity contribution in [1.82, 2.24) is 4.90 Å². The molecule has 5 heteroatoms. The molecule has 4 atom stereocenters. The molecule has 5 nitrogen and oxygen atoms in total. The number of benzene rings is 1. The van der Waals surface area contributed by atoms with Crippen LogP contribution >= 0.6 is 0 Å². The van der Waals surface area contributed by atoms with Crippen molar-refractivity contribution in [2.75, 3.05) is 21.2 Å². The van der Waals surface area contributed by atoms with Gasteiger partial charge in [0.25, 0.3) is 5.91 Å². The van der Waals surface area contributed by atoms with Crippen molar-refractivity contribution in [3.63, 3.8) is 0 Å². The van der Waals surface area contributed by atoms with Gasteiger partial charge in [0.05, 0.1) is 18.6 Å². The number of nitrogens with zero attached hydrogens (tertiary/aromatic N) is 1. The Bertz CT molecular complexity index is 683. The molecule has 4 unspecified atom stereocenters. The van der Waals surface area contributed by atoms with Gasteiger partial charge in [-0.1, -0.05) is 6.07 Å². The highest BCUT2D eigenvalue weighted by Gasteiger charge is 2.68. The molecular weight excluding hydrogens is 306 g/mol. The molecular formula is C19H23NO4. The molecule has 0 heterocycles. The summed E-state index contributed by atoms with van der Waals surface area (Å²) in [5.41, 5.74) is 0.362. The molecule has 3 aliphatic carbocycles. The number of rotatable bonds is 4. The largest absolute Gasteiger partial charge is 0.493 e. The van der Waals surface area contributed by atoms with Crippen LogP contribution in [0.15, 0.2) is 18.2 Å². The van der Waals surface area contributed by atoms with Gasteiger partial charge in [0.2, 0.25) is 0 Å². The maximum absolute atomic E-state index is 12.7. The number of hydrogen-bond donors (Lipinski definition) is 0. The van der Waals surface area contributed by atoms with Crippen molar-refractivity contribution in [2.45, 2.75) is 19.3 Å². The van der Waals surface area contributed by atoms with Crippen molar-refractivity contribution in [1.29, 1.82) is 0 Å². The minimum atomic E-state index is -0.201. The molecule has 0 spiro atoms. The van der Waals surface area contributed by atoms with Crippen molar-refractivity contribution < 1.29 is 19.1 Å². The van der Waals surface area contributed by atoms with E-state index in [0.717, 1.165) is 0 Å². The molecule has 3 fully saturated rings. The maximum Gasteiger partial charge on any atom is 0.315 e. The minimum absolute atomic E-state index is 0.0171. The quantitative estimate of drug-likeness (QED) is 0.629. The van der Waals surface area contributed by atoms with Gasteiger partial charge in [-0.3, -0.25) is 9.59 Å². The van der Waals surface area contributed by atoms with Gasteiger partial charge >= 0.3 is 5.97 Å². The predicted octanol–water partition coefficient (Wildman–Crippen LogP) is 2.59. The van der Waals surface area contributed by atoms with Crippen molar-refractivity contribution in [3.8, 4) is 11.5 Å². The summed E-state index contributed by atoms with van der Waals surface area (Å²) in [6.45, 7) is 0. The summed E-state index contributed by atoms with van der Waals surface area (Å²) in [6, 6.07) is 5.12. The van der Waals surface area contributed by atoms with E-state index in [1.54, 1.807) is 32.3 Å². The van der Waals surface area contributed by atoms with Gasteiger partial charge in [-0.15, -0.1) is 0 Å². The third-order valence-corrected chi connectivity index (χ3v) is 6.05. The van der Waals surface area contributed by atoms with Crippen molar-refractivity contribution in [3.05, 3.63) is 23.8 Å². The average molecular weight is 329 g/mol. The van der Waals surface area contributed by atoms with E-state index in [9.17, 15) is 9.59 Å². The van der Waals surface area contributed by atoms with Crippen LogP contribution in [0.25, 0.3) is 0 Å². The Morgan fingerprint density at radius 1 is 1.12 bits per heavy atom. The Kier molecular flexibility index (Phi) is 3.55. The first-order valence-corrected chi connectivity index (χ1v) is 8.63. The fourth-order valence-corrected chi connectivity index (χ4v) is 5.00. The zero-order valence-electron chi connectivity index (χ0n) is 14.3. The number of ether oxygens (including phenoxy) is 2. The fraction of sp³-hybridized carbons (Fsp3) is 0.579. The summed E-state index contributed by atoms with van der Waals surface area (Å²) in [5.74, 6) is 2.73. The lowest BCUT2D eigenvalue weighted by Gasteiger charge is -2.17. The monoisotopic (exact) mass is 329 g/mol. The fourth-order valence-electron chi connectivity index (χ4n) is 5.00. The maximum atomic E-state index is 12.7. The van der Waals surface area contributed by atoms with E-state index in [4.69, 9.17) is 9.47 Å². The highest BCUT2D eigenvalue weighted by atomic mass is 16.6. The number of carbonyl (C=O) groups is 2. The molecule has 2 bridgehead atoms. The minimum Gasteiger partial charge on any atom is -0.493 e. The first-order valence-electron chi connectivity index (χ1n) is 8.63. The van der Waals surface area contributed by atoms with Crippen LogP contribution in [0.2, 0.25) is 0 Å². The Hall–Kier alpha value is -2.04. The van der Waals surface area contributed by atoms with E-state index in [2.05, 4.69) is 0 Å². The summed E-state index contributed by atoms with van der Waals surface area (Å²) in [7, 11) is 4.87. The first-order chi connectivity index (χ1) is 11.5. The summed E-state index contributed by atoms with van der Waals surface area (Å²) in [4.78, 5) is 26.6. The van der Waals surface area contributed by atoms with Crippen LogP contribution < -0.4 is 9.47 Å². The highest BCUT2D eigenvalue weighted by molar-refractivity contribution is 5.98. The number of para-hydroxylation sites is 1. The summed E-state index contributed by atoms with van der Waals surface area (Å²) < 4.78 is 11.0. The van der Waals surface area contributed by atoms with Crippen LogP contribution in [0.4, 0.5) is 0 Å². The number of carbonyl (C=O) groups excluding carboxylic acids is 2. The van der Waals surface area contributed by atoms with Crippen LogP contribution in [-0.4, -0.2) is 38.0 Å². The second kappa shape index (κ2) is 5.50. The van der Waals surface area contributed by atoms with Crippen LogP contribution in [0, 0.1) is 29.6 Å². The van der Waals surface area contributed by atoms with Gasteiger partial charge in [0.1, 0.15) is 0 Å². The molecule has 4 rings (SSSR count). The van der Waals surface area contributed by atoms with E-state index in [-0.39, 0.29) is 23.5 Å². The van der Waals surface area contributed by atoms with E-state index in [1.165, 1.54) is 31.3 Å². The Morgan fingerprint density at radius 3 is 2.38 bits per heavy atom. The molecule has 0 N–H and O–H groups in total. The third kappa shape index (κ3) is 2.21. The van der Waals surface area contributed by atoms with E-state index in [0.29, 0.717) is 35.0 Å². The Morgan fingerprint density at radius 2 is 1.79 bits per heavy atom. The molecule has 0 aromatic heterocycles. The van der Waals surface area contributed by atoms with Gasteiger partial charge in [-0.05, 0) is 55.1 Å². The number of methoxy groups -OCH3 is 1. The Labute approximate surface area is 141 Å². The zero-order valence-corrected chi connectivity index (χ0v) is 14.3. The lowest BCUT2D eigenvalue weighted by atomic mass is 10.0. The van der Waals surface area contributed by atoms with Crippen LogP contribution in [0.3, 0.4) is 0 Å². The number of esters is 1. The lowest BCUT2D eigenvalue weighted by molar-refractivity contribution is -0.137. The average Bonchev–Trinajstić information content (AvgIpc) is 3.02. The smallest absolute Gasteiger partial charge is 0.315 e. The molecule has 1 amide bonds. The summed E-state index contributed by atoms with van der Waals surface area (Å²) in [6.07, 6.45) is 3.81. The SMILES string of the molecule is COc1cccc(C(=O)N(C)C)c1OC(=O)C1C2C3CCC(C3)C12. The molecule has 3 aliphatic rings. The standard InChI is InChI=1S/C19H23NO4/c1-20(2)18(21)12-5-4-6-13(23-3)17(12)24-19(22)16-14-10-7-8-11(9-10)15(14)16/h4-6,10-11,14-16H,7-9H2,1-3H3. The summed E-state index contributed by atoms with van der Waals surface area (Å²) >= 11 is 0. The van der Waals surface area contributed by atoms with Gasteiger partial charge in [-0.25, -0.2) is 0 Å². The second-order valence-corrected chi connectivity index (χ2v) is 7.47. The number of amides is 1. The molecule has 128 valence electrons. The van der Waals surface area contributed by atoms with Crippen LogP contribution in [0.5, 0.6) is 11.5 Å². The van der Waals surface area contributed by atoms with Gasteiger partial charge in [0, 0.05) is 14.1 Å². The Balaban J connectivity index is 1.58. The predicted molar refractivity (Wildman–Crippen MR) is 87.9 cm³/mol. The third-order valence-electron chi connectivity index (χ3n) is 6.05. The van der Waals surface area contributed by atoms with Crippen molar-refractivity contribution in [2.24, 2.45) is 29.6 Å². The molecule has 0 aliphatic heterocycles. The van der Waals surface area contributed by atoms with Gasteiger partial charge in [0.15, 0.2) is 11.5 Å². The van der Waals surface area contributed by atoms with Gasteiger partial charge < -0.3 is 14.4 Å². The van der Waals surface area contributed by atoms with Crippen LogP contribution in [-0.2, 0) is 4.79 Å². The van der Waals surface area contributed by atoms with E-state index in [1.807, 2.05) is 0 Å². The highest BCUT2D eigenvalue weighted by Crippen LogP contribution is 2.69. The van der Waals surface area contributed by atoms with E-state index < -0.39 is 0 Å². The zero-order chi connectivity index (χ0) is 17.0.